The Labute approximate surface area is 183 Å². The number of sulfonamides is 1. The highest BCUT2D eigenvalue weighted by Gasteiger charge is 2.25. The van der Waals surface area contributed by atoms with Crippen molar-refractivity contribution in [1.82, 2.24) is 4.31 Å². The molecule has 0 spiro atoms. The normalized spacial score (nSPS) is 17.0. The molecule has 0 aliphatic carbocycles. The van der Waals surface area contributed by atoms with E-state index in [1.165, 1.54) is 4.31 Å². The summed E-state index contributed by atoms with van der Waals surface area (Å²) in [6, 6.07) is 14.4. The van der Waals surface area contributed by atoms with Gasteiger partial charge in [0.25, 0.3) is 0 Å². The Balaban J connectivity index is 1.68. The highest BCUT2D eigenvalue weighted by molar-refractivity contribution is 8.00. The van der Waals surface area contributed by atoms with Gasteiger partial charge in [0.1, 0.15) is 0 Å². The third-order valence-electron chi connectivity index (χ3n) is 5.25. The van der Waals surface area contributed by atoms with Crippen LogP contribution in [-0.4, -0.2) is 50.1 Å². The Kier molecular flexibility index (Phi) is 7.10. The third kappa shape index (κ3) is 4.99. The van der Waals surface area contributed by atoms with Gasteiger partial charge in [-0.2, -0.15) is 4.31 Å². The number of nitrogens with one attached hydrogen (secondary N) is 1. The molecule has 1 amide bonds. The van der Waals surface area contributed by atoms with Crippen LogP contribution in [0.25, 0.3) is 0 Å². The van der Waals surface area contributed by atoms with E-state index in [4.69, 9.17) is 0 Å². The summed E-state index contributed by atoms with van der Waals surface area (Å²) in [5, 5.41) is 3.58. The molecule has 1 aliphatic heterocycles. The smallest absolute Gasteiger partial charge is 0.246 e. The van der Waals surface area contributed by atoms with E-state index in [9.17, 15) is 13.2 Å². The van der Waals surface area contributed by atoms with E-state index in [0.29, 0.717) is 17.5 Å². The van der Waals surface area contributed by atoms with Crippen molar-refractivity contribution in [3.8, 4) is 0 Å². The number of hydrogen-bond acceptors (Lipinski definition) is 5. The molecule has 8 heteroatoms. The minimum absolute atomic E-state index is 0.00612. The second-order valence-electron chi connectivity index (χ2n) is 7.72. The van der Waals surface area contributed by atoms with Crippen LogP contribution >= 0.6 is 11.8 Å². The summed E-state index contributed by atoms with van der Waals surface area (Å²) in [5.74, 6) is -0.00612. The van der Waals surface area contributed by atoms with Gasteiger partial charge in [0.05, 0.1) is 17.1 Å². The van der Waals surface area contributed by atoms with Gasteiger partial charge in [-0.3, -0.25) is 4.79 Å². The number of nitrogens with zero attached hydrogens (tertiary/aromatic N) is 2. The first-order chi connectivity index (χ1) is 14.2. The number of thioether (sulfide) groups is 1. The van der Waals surface area contributed by atoms with Gasteiger partial charge in [-0.15, -0.1) is 11.8 Å². The fraction of sp³-hybridized carbons (Fsp3) is 0.409. The Morgan fingerprint density at radius 2 is 1.87 bits per heavy atom. The van der Waals surface area contributed by atoms with E-state index in [2.05, 4.69) is 18.3 Å². The number of anilines is 2. The second kappa shape index (κ2) is 9.41. The molecule has 1 atom stereocenters. The number of rotatable bonds is 6. The summed E-state index contributed by atoms with van der Waals surface area (Å²) in [4.78, 5) is 16.1. The molecule has 0 saturated heterocycles. The lowest BCUT2D eigenvalue weighted by Gasteiger charge is -2.23. The minimum atomic E-state index is -3.52. The maximum atomic E-state index is 12.9. The molecule has 0 saturated carbocycles. The molecule has 2 aromatic carbocycles. The van der Waals surface area contributed by atoms with Crippen molar-refractivity contribution >= 4 is 39.1 Å². The first kappa shape index (κ1) is 22.7. The predicted molar refractivity (Wildman–Crippen MR) is 124 cm³/mol. The summed E-state index contributed by atoms with van der Waals surface area (Å²) in [6.45, 7) is 6.68. The Morgan fingerprint density at radius 1 is 1.20 bits per heavy atom. The van der Waals surface area contributed by atoms with Crippen LogP contribution in [0.3, 0.4) is 0 Å². The number of para-hydroxylation sites is 1. The second-order valence-corrected chi connectivity index (χ2v) is 11.2. The van der Waals surface area contributed by atoms with E-state index in [0.717, 1.165) is 17.0 Å². The third-order valence-corrected chi connectivity index (χ3v) is 8.53. The Bertz CT molecular complexity index is 991. The maximum absolute atomic E-state index is 12.9. The molecule has 0 aromatic heterocycles. The zero-order valence-electron chi connectivity index (χ0n) is 17.8. The van der Waals surface area contributed by atoms with Crippen LogP contribution in [0.2, 0.25) is 0 Å². The van der Waals surface area contributed by atoms with E-state index >= 15 is 0 Å². The lowest BCUT2D eigenvalue weighted by atomic mass is 10.2. The number of carbonyl (C=O) groups is 1. The molecule has 1 unspecified atom stereocenters. The Hall–Kier alpha value is -2.03. The number of hydrogen-bond donors (Lipinski definition) is 1. The van der Waals surface area contributed by atoms with Crippen LogP contribution in [0.4, 0.5) is 11.4 Å². The largest absolute Gasteiger partial charge is 0.376 e. The fourth-order valence-electron chi connectivity index (χ4n) is 3.21. The molecular formula is C22H29N3O3S2. The van der Waals surface area contributed by atoms with Gasteiger partial charge in [0.15, 0.2) is 0 Å². The van der Waals surface area contributed by atoms with Gasteiger partial charge in [0, 0.05) is 35.5 Å². The van der Waals surface area contributed by atoms with Gasteiger partial charge < -0.3 is 10.2 Å². The van der Waals surface area contributed by atoms with Crippen LogP contribution in [0.15, 0.2) is 58.3 Å². The van der Waals surface area contributed by atoms with Crippen molar-refractivity contribution in [2.75, 3.05) is 30.4 Å². The number of benzene rings is 2. The fourth-order valence-corrected chi connectivity index (χ4v) is 5.69. The first-order valence-corrected chi connectivity index (χ1v) is 12.4. The average molecular weight is 448 g/mol. The summed E-state index contributed by atoms with van der Waals surface area (Å²) in [7, 11) is -1.95. The molecule has 30 heavy (non-hydrogen) atoms. The van der Waals surface area contributed by atoms with E-state index in [1.54, 1.807) is 43.1 Å². The molecule has 0 bridgehead atoms. The molecular weight excluding hydrogens is 418 g/mol. The number of amides is 1. The highest BCUT2D eigenvalue weighted by atomic mass is 32.2. The van der Waals surface area contributed by atoms with Gasteiger partial charge in [-0.25, -0.2) is 8.42 Å². The van der Waals surface area contributed by atoms with E-state index in [-0.39, 0.29) is 23.4 Å². The van der Waals surface area contributed by atoms with Crippen molar-refractivity contribution in [3.63, 3.8) is 0 Å². The molecule has 1 N–H and O–H groups in total. The summed E-state index contributed by atoms with van der Waals surface area (Å²) >= 11 is 1.80. The predicted octanol–water partition coefficient (Wildman–Crippen LogP) is 4.04. The Morgan fingerprint density at radius 3 is 2.53 bits per heavy atom. The molecule has 3 rings (SSSR count). The van der Waals surface area contributed by atoms with E-state index in [1.807, 2.05) is 36.9 Å². The molecule has 6 nitrogen and oxygen atoms in total. The van der Waals surface area contributed by atoms with Crippen LogP contribution in [0, 0.1) is 0 Å². The van der Waals surface area contributed by atoms with Crippen molar-refractivity contribution in [1.29, 1.82) is 0 Å². The number of carbonyl (C=O) groups excluding carboxylic acids is 1. The molecule has 162 valence electrons. The maximum Gasteiger partial charge on any atom is 0.246 e. The van der Waals surface area contributed by atoms with Crippen molar-refractivity contribution < 1.29 is 13.2 Å². The lowest BCUT2D eigenvalue weighted by molar-refractivity contribution is -0.117. The van der Waals surface area contributed by atoms with Crippen LogP contribution < -0.4 is 10.2 Å². The van der Waals surface area contributed by atoms with Crippen LogP contribution in [0.1, 0.15) is 27.2 Å². The van der Waals surface area contributed by atoms with Gasteiger partial charge >= 0.3 is 0 Å². The molecule has 2 aromatic rings. The van der Waals surface area contributed by atoms with Gasteiger partial charge in [-0.05, 0) is 56.7 Å². The average Bonchev–Trinajstić information content (AvgIpc) is 2.89. The lowest BCUT2D eigenvalue weighted by Crippen LogP contribution is -2.36. The van der Waals surface area contributed by atoms with Crippen molar-refractivity contribution in [2.24, 2.45) is 0 Å². The van der Waals surface area contributed by atoms with Crippen LogP contribution in [0.5, 0.6) is 0 Å². The monoisotopic (exact) mass is 447 g/mol. The SMILES string of the molecule is CC1CCN(C(=O)CNc2ccc(S(=O)(=O)N(C)C(C)C)cc2)c2ccccc2S1. The summed E-state index contributed by atoms with van der Waals surface area (Å²) < 4.78 is 26.5. The van der Waals surface area contributed by atoms with E-state index < -0.39 is 10.0 Å². The molecule has 0 fully saturated rings. The first-order valence-electron chi connectivity index (χ1n) is 10.1. The standard InChI is InChI=1S/C22H29N3O3S2/c1-16(2)24(4)30(27,28)19-11-9-18(10-12-19)23-15-22(26)25-14-13-17(3)29-21-8-6-5-7-20(21)25/h5-12,16-17,23H,13-15H2,1-4H3. The highest BCUT2D eigenvalue weighted by Crippen LogP contribution is 2.37. The summed E-state index contributed by atoms with van der Waals surface area (Å²) in [6.07, 6.45) is 0.932. The molecule has 0 radical (unpaired) electrons. The zero-order valence-corrected chi connectivity index (χ0v) is 19.5. The number of fused-ring (bicyclic) bond motifs is 1. The van der Waals surface area contributed by atoms with Crippen LogP contribution in [-0.2, 0) is 14.8 Å². The van der Waals surface area contributed by atoms with Crippen molar-refractivity contribution in [3.05, 3.63) is 48.5 Å². The molecule has 1 aliphatic rings. The van der Waals surface area contributed by atoms with Gasteiger partial charge in [0.2, 0.25) is 15.9 Å². The molecule has 1 heterocycles. The topological polar surface area (TPSA) is 69.7 Å². The van der Waals surface area contributed by atoms with Gasteiger partial charge in [-0.1, -0.05) is 19.1 Å². The quantitative estimate of drug-likeness (QED) is 0.724. The minimum Gasteiger partial charge on any atom is -0.376 e. The zero-order chi connectivity index (χ0) is 21.9. The van der Waals surface area contributed by atoms with Crippen molar-refractivity contribution in [2.45, 2.75) is 48.3 Å². The summed E-state index contributed by atoms with van der Waals surface area (Å²) in [5.41, 5.74) is 1.66.